The Hall–Kier alpha value is -1.99. The van der Waals surface area contributed by atoms with Crippen LogP contribution in [0.3, 0.4) is 0 Å². The molecule has 0 aromatic carbocycles. The van der Waals surface area contributed by atoms with Gasteiger partial charge in [-0.25, -0.2) is 8.42 Å². The van der Waals surface area contributed by atoms with Gasteiger partial charge in [0.25, 0.3) is 0 Å². The highest BCUT2D eigenvalue weighted by Gasteiger charge is 2.30. The second-order valence-corrected chi connectivity index (χ2v) is 6.48. The summed E-state index contributed by atoms with van der Waals surface area (Å²) in [6.07, 6.45) is 4.90. The standard InChI is InChI=1S/C13H13N3O3S/c17-12-3-6-14-8-13(12)20(18,19)16-7-4-11-10(9-16)2-1-5-15-11/h1-3,5-6,8H,4,7,9H2,(H,14,17). The largest absolute Gasteiger partial charge is 0.366 e. The number of nitrogens with zero attached hydrogens (tertiary/aromatic N) is 2. The number of H-pyrrole nitrogens is 1. The molecule has 0 saturated carbocycles. The van der Waals surface area contributed by atoms with Crippen molar-refractivity contribution in [3.63, 3.8) is 0 Å². The number of aromatic amines is 1. The third-order valence-corrected chi connectivity index (χ3v) is 5.20. The van der Waals surface area contributed by atoms with Crippen LogP contribution >= 0.6 is 0 Å². The van der Waals surface area contributed by atoms with E-state index in [1.54, 1.807) is 12.3 Å². The predicted molar refractivity (Wildman–Crippen MR) is 72.6 cm³/mol. The molecule has 3 rings (SSSR count). The molecule has 3 heterocycles. The second kappa shape index (κ2) is 4.84. The molecule has 1 aliphatic rings. The molecule has 0 atom stereocenters. The monoisotopic (exact) mass is 291 g/mol. The van der Waals surface area contributed by atoms with Crippen LogP contribution in [-0.2, 0) is 23.0 Å². The molecule has 104 valence electrons. The number of hydrogen-bond donors (Lipinski definition) is 1. The molecule has 0 saturated heterocycles. The zero-order chi connectivity index (χ0) is 14.2. The molecule has 1 N–H and O–H groups in total. The van der Waals surface area contributed by atoms with Gasteiger partial charge in [0.15, 0.2) is 0 Å². The van der Waals surface area contributed by atoms with Crippen molar-refractivity contribution in [2.24, 2.45) is 0 Å². The smallest absolute Gasteiger partial charge is 0.248 e. The topological polar surface area (TPSA) is 83.1 Å². The van der Waals surface area contributed by atoms with Crippen LogP contribution in [0.25, 0.3) is 0 Å². The number of pyridine rings is 2. The van der Waals surface area contributed by atoms with Crippen molar-refractivity contribution >= 4 is 10.0 Å². The van der Waals surface area contributed by atoms with Gasteiger partial charge in [0.2, 0.25) is 15.5 Å². The van der Waals surface area contributed by atoms with E-state index in [9.17, 15) is 13.2 Å². The molecule has 2 aromatic heterocycles. The third kappa shape index (κ3) is 2.14. The minimum atomic E-state index is -3.77. The Morgan fingerprint density at radius 3 is 2.95 bits per heavy atom. The Morgan fingerprint density at radius 2 is 2.15 bits per heavy atom. The quantitative estimate of drug-likeness (QED) is 0.874. The number of sulfonamides is 1. The first-order chi connectivity index (χ1) is 9.59. The van der Waals surface area contributed by atoms with E-state index >= 15 is 0 Å². The van der Waals surface area contributed by atoms with Crippen molar-refractivity contribution in [1.29, 1.82) is 0 Å². The Balaban J connectivity index is 1.99. The first kappa shape index (κ1) is 13.0. The summed E-state index contributed by atoms with van der Waals surface area (Å²) in [6.45, 7) is 0.584. The van der Waals surface area contributed by atoms with Gasteiger partial charge in [-0.15, -0.1) is 0 Å². The zero-order valence-corrected chi connectivity index (χ0v) is 11.4. The highest BCUT2D eigenvalue weighted by molar-refractivity contribution is 7.89. The maximum atomic E-state index is 12.5. The molecule has 2 aromatic rings. The Bertz CT molecular complexity index is 798. The molecule has 0 fully saturated rings. The summed E-state index contributed by atoms with van der Waals surface area (Å²) >= 11 is 0. The third-order valence-electron chi connectivity index (χ3n) is 3.34. The minimum Gasteiger partial charge on any atom is -0.366 e. The molecule has 1 aliphatic heterocycles. The molecule has 0 amide bonds. The van der Waals surface area contributed by atoms with Crippen LogP contribution in [0.2, 0.25) is 0 Å². The average Bonchev–Trinajstić information content (AvgIpc) is 2.47. The minimum absolute atomic E-state index is 0.215. The fourth-order valence-electron chi connectivity index (χ4n) is 2.29. The molecular formula is C13H13N3O3S. The van der Waals surface area contributed by atoms with Gasteiger partial charge in [0.1, 0.15) is 4.90 Å². The highest BCUT2D eigenvalue weighted by atomic mass is 32.2. The molecule has 0 aliphatic carbocycles. The molecule has 0 bridgehead atoms. The van der Waals surface area contributed by atoms with Crippen molar-refractivity contribution in [2.75, 3.05) is 6.54 Å². The number of nitrogens with one attached hydrogen (secondary N) is 1. The highest BCUT2D eigenvalue weighted by Crippen LogP contribution is 2.21. The SMILES string of the molecule is O=c1cc[nH]cc1S(=O)(=O)N1CCc2ncccc2C1. The van der Waals surface area contributed by atoms with Crippen LogP contribution in [0.4, 0.5) is 0 Å². The summed E-state index contributed by atoms with van der Waals surface area (Å²) in [4.78, 5) is 18.4. The Morgan fingerprint density at radius 1 is 1.30 bits per heavy atom. The second-order valence-electron chi connectivity index (χ2n) is 4.57. The lowest BCUT2D eigenvalue weighted by Crippen LogP contribution is -2.38. The molecule has 0 unspecified atom stereocenters. The summed E-state index contributed by atoms with van der Waals surface area (Å²) in [5.74, 6) is 0. The van der Waals surface area contributed by atoms with E-state index in [1.807, 2.05) is 6.07 Å². The summed E-state index contributed by atoms with van der Waals surface area (Å²) in [5.41, 5.74) is 1.30. The average molecular weight is 291 g/mol. The van der Waals surface area contributed by atoms with Crippen LogP contribution in [0.15, 0.2) is 46.5 Å². The van der Waals surface area contributed by atoms with Gasteiger partial charge in [-0.1, -0.05) is 6.07 Å². The summed E-state index contributed by atoms with van der Waals surface area (Å²) in [6, 6.07) is 4.86. The van der Waals surface area contributed by atoms with E-state index in [0.717, 1.165) is 11.3 Å². The molecule has 6 nitrogen and oxygen atoms in total. The van der Waals surface area contributed by atoms with Crippen LogP contribution in [0.1, 0.15) is 11.3 Å². The van der Waals surface area contributed by atoms with E-state index in [4.69, 9.17) is 0 Å². The van der Waals surface area contributed by atoms with Crippen molar-refractivity contribution in [3.05, 3.63) is 58.3 Å². The number of rotatable bonds is 2. The van der Waals surface area contributed by atoms with E-state index in [2.05, 4.69) is 9.97 Å². The fourth-order valence-corrected chi connectivity index (χ4v) is 3.74. The fraction of sp³-hybridized carbons (Fsp3) is 0.231. The lowest BCUT2D eigenvalue weighted by molar-refractivity contribution is 0.387. The summed E-state index contributed by atoms with van der Waals surface area (Å²) in [5, 5.41) is 0. The predicted octanol–water partition coefficient (Wildman–Crippen LogP) is 0.517. The number of fused-ring (bicyclic) bond motifs is 1. The van der Waals surface area contributed by atoms with E-state index in [1.165, 1.54) is 22.8 Å². The van der Waals surface area contributed by atoms with E-state index < -0.39 is 15.5 Å². The van der Waals surface area contributed by atoms with Gasteiger partial charge < -0.3 is 4.98 Å². The van der Waals surface area contributed by atoms with Gasteiger partial charge in [-0.05, 0) is 11.6 Å². The summed E-state index contributed by atoms with van der Waals surface area (Å²) in [7, 11) is -3.77. The van der Waals surface area contributed by atoms with Gasteiger partial charge in [0, 0.05) is 49.9 Å². The van der Waals surface area contributed by atoms with Gasteiger partial charge in [0.05, 0.1) is 0 Å². The number of aromatic nitrogens is 2. The lowest BCUT2D eigenvalue weighted by atomic mass is 10.1. The Kier molecular flexibility index (Phi) is 3.15. The van der Waals surface area contributed by atoms with E-state index in [0.29, 0.717) is 13.0 Å². The van der Waals surface area contributed by atoms with Gasteiger partial charge in [-0.2, -0.15) is 4.31 Å². The molecule has 0 spiro atoms. The first-order valence-corrected chi connectivity index (χ1v) is 7.63. The van der Waals surface area contributed by atoms with Crippen LogP contribution in [-0.4, -0.2) is 29.2 Å². The van der Waals surface area contributed by atoms with Gasteiger partial charge >= 0.3 is 0 Å². The van der Waals surface area contributed by atoms with Crippen molar-refractivity contribution in [1.82, 2.24) is 14.3 Å². The Labute approximate surface area is 116 Å². The molecule has 0 radical (unpaired) electrons. The van der Waals surface area contributed by atoms with E-state index in [-0.39, 0.29) is 11.4 Å². The lowest BCUT2D eigenvalue weighted by Gasteiger charge is -2.26. The molecule has 20 heavy (non-hydrogen) atoms. The van der Waals surface area contributed by atoms with Crippen molar-refractivity contribution in [3.8, 4) is 0 Å². The van der Waals surface area contributed by atoms with Crippen LogP contribution in [0, 0.1) is 0 Å². The molecule has 7 heteroatoms. The maximum Gasteiger partial charge on any atom is 0.248 e. The van der Waals surface area contributed by atoms with Crippen LogP contribution < -0.4 is 5.43 Å². The van der Waals surface area contributed by atoms with Crippen molar-refractivity contribution < 1.29 is 8.42 Å². The zero-order valence-electron chi connectivity index (χ0n) is 10.6. The van der Waals surface area contributed by atoms with Crippen LogP contribution in [0.5, 0.6) is 0 Å². The first-order valence-electron chi connectivity index (χ1n) is 6.19. The number of hydrogen-bond acceptors (Lipinski definition) is 4. The normalized spacial score (nSPS) is 15.8. The van der Waals surface area contributed by atoms with Crippen molar-refractivity contribution in [2.45, 2.75) is 17.9 Å². The molecular weight excluding hydrogens is 278 g/mol. The summed E-state index contributed by atoms with van der Waals surface area (Å²) < 4.78 is 26.3. The maximum absolute atomic E-state index is 12.5. The van der Waals surface area contributed by atoms with Gasteiger partial charge in [-0.3, -0.25) is 9.78 Å².